The highest BCUT2D eigenvalue weighted by atomic mass is 32.2. The number of ether oxygens (including phenoxy) is 2. The van der Waals surface area contributed by atoms with E-state index in [-0.39, 0.29) is 11.5 Å². The van der Waals surface area contributed by atoms with Crippen LogP contribution in [0.15, 0.2) is 47.4 Å². The average molecular weight is 408 g/mol. The van der Waals surface area contributed by atoms with Gasteiger partial charge in [-0.05, 0) is 48.9 Å². The predicted molar refractivity (Wildman–Crippen MR) is 101 cm³/mol. The molecule has 28 heavy (non-hydrogen) atoms. The summed E-state index contributed by atoms with van der Waals surface area (Å²) in [5.74, 6) is -0.496. The van der Waals surface area contributed by atoms with Gasteiger partial charge in [0.05, 0.1) is 18.1 Å². The van der Waals surface area contributed by atoms with Gasteiger partial charge in [0.25, 0.3) is 5.91 Å². The SMILES string of the molecule is Cc1ccc(NC(=O)COc2ccc(F)cc2)cc1S(=O)(=O)N1CCOCC1. The molecule has 1 aliphatic heterocycles. The molecule has 0 bridgehead atoms. The number of anilines is 1. The fraction of sp³-hybridized carbons (Fsp3) is 0.316. The molecular formula is C19H21FN2O5S. The molecule has 0 saturated carbocycles. The average Bonchev–Trinajstić information content (AvgIpc) is 2.69. The normalized spacial score (nSPS) is 15.2. The van der Waals surface area contributed by atoms with Crippen molar-refractivity contribution in [1.82, 2.24) is 4.31 Å². The van der Waals surface area contributed by atoms with Gasteiger partial charge in [0.2, 0.25) is 10.0 Å². The van der Waals surface area contributed by atoms with Gasteiger partial charge in [0.1, 0.15) is 11.6 Å². The lowest BCUT2D eigenvalue weighted by Crippen LogP contribution is -2.40. The van der Waals surface area contributed by atoms with E-state index in [2.05, 4.69) is 5.32 Å². The van der Waals surface area contributed by atoms with E-state index in [1.807, 2.05) is 0 Å². The van der Waals surface area contributed by atoms with Crippen LogP contribution < -0.4 is 10.1 Å². The maximum atomic E-state index is 12.9. The molecule has 0 unspecified atom stereocenters. The van der Waals surface area contributed by atoms with Gasteiger partial charge < -0.3 is 14.8 Å². The van der Waals surface area contributed by atoms with E-state index < -0.39 is 21.7 Å². The lowest BCUT2D eigenvalue weighted by molar-refractivity contribution is -0.118. The Hall–Kier alpha value is -2.49. The Morgan fingerprint density at radius 3 is 2.54 bits per heavy atom. The van der Waals surface area contributed by atoms with Gasteiger partial charge in [0.15, 0.2) is 6.61 Å². The van der Waals surface area contributed by atoms with Crippen LogP contribution in [0.25, 0.3) is 0 Å². The van der Waals surface area contributed by atoms with E-state index in [9.17, 15) is 17.6 Å². The van der Waals surface area contributed by atoms with E-state index >= 15 is 0 Å². The minimum atomic E-state index is -3.68. The van der Waals surface area contributed by atoms with Crippen LogP contribution in [-0.4, -0.2) is 51.5 Å². The van der Waals surface area contributed by atoms with E-state index in [0.717, 1.165) is 0 Å². The molecule has 1 aliphatic rings. The number of benzene rings is 2. The monoisotopic (exact) mass is 408 g/mol. The second-order valence-electron chi connectivity index (χ2n) is 6.29. The van der Waals surface area contributed by atoms with Crippen LogP contribution in [0.1, 0.15) is 5.56 Å². The zero-order valence-corrected chi connectivity index (χ0v) is 16.2. The summed E-state index contributed by atoms with van der Waals surface area (Å²) in [4.78, 5) is 12.3. The minimum absolute atomic E-state index is 0.145. The first-order chi connectivity index (χ1) is 13.4. The number of amides is 1. The Kier molecular flexibility index (Phi) is 6.28. The zero-order chi connectivity index (χ0) is 20.1. The largest absolute Gasteiger partial charge is 0.484 e. The molecule has 1 N–H and O–H groups in total. The highest BCUT2D eigenvalue weighted by Gasteiger charge is 2.28. The first kappa shape index (κ1) is 20.2. The van der Waals surface area contributed by atoms with Gasteiger partial charge in [-0.3, -0.25) is 4.79 Å². The molecule has 0 aliphatic carbocycles. The first-order valence-electron chi connectivity index (χ1n) is 8.73. The number of carbonyl (C=O) groups is 1. The summed E-state index contributed by atoms with van der Waals surface area (Å²) in [5, 5.41) is 2.62. The maximum Gasteiger partial charge on any atom is 0.262 e. The minimum Gasteiger partial charge on any atom is -0.484 e. The summed E-state index contributed by atoms with van der Waals surface area (Å²) in [6.07, 6.45) is 0. The van der Waals surface area contributed by atoms with Crippen LogP contribution in [-0.2, 0) is 19.6 Å². The standard InChI is InChI=1S/C19H21FN2O5S/c1-14-2-5-16(12-18(14)28(24,25)22-8-10-26-11-9-22)21-19(23)13-27-17-6-3-15(20)4-7-17/h2-7,12H,8-11,13H2,1H3,(H,21,23). The van der Waals surface area contributed by atoms with E-state index in [1.165, 1.54) is 34.6 Å². The molecule has 1 saturated heterocycles. The topological polar surface area (TPSA) is 84.9 Å². The number of nitrogens with one attached hydrogen (secondary N) is 1. The molecule has 2 aromatic rings. The van der Waals surface area contributed by atoms with Crippen LogP contribution in [0, 0.1) is 12.7 Å². The van der Waals surface area contributed by atoms with Gasteiger partial charge in [-0.15, -0.1) is 0 Å². The van der Waals surface area contributed by atoms with Crippen LogP contribution in [0.5, 0.6) is 5.75 Å². The smallest absolute Gasteiger partial charge is 0.262 e. The Bertz CT molecular complexity index is 941. The molecule has 1 amide bonds. The quantitative estimate of drug-likeness (QED) is 0.792. The van der Waals surface area contributed by atoms with Crippen molar-refractivity contribution in [3.63, 3.8) is 0 Å². The Balaban J connectivity index is 1.68. The summed E-state index contributed by atoms with van der Waals surface area (Å²) < 4.78 is 50.5. The highest BCUT2D eigenvalue weighted by Crippen LogP contribution is 2.24. The Labute approximate surface area is 163 Å². The highest BCUT2D eigenvalue weighted by molar-refractivity contribution is 7.89. The van der Waals surface area contributed by atoms with E-state index in [0.29, 0.717) is 43.3 Å². The van der Waals surface area contributed by atoms with Crippen molar-refractivity contribution < 1.29 is 27.1 Å². The molecule has 150 valence electrons. The molecule has 1 fully saturated rings. The molecule has 0 spiro atoms. The summed E-state index contributed by atoms with van der Waals surface area (Å²) in [6, 6.07) is 10.0. The van der Waals surface area contributed by atoms with Crippen molar-refractivity contribution in [3.05, 3.63) is 53.8 Å². The van der Waals surface area contributed by atoms with Gasteiger partial charge in [-0.2, -0.15) is 4.31 Å². The molecule has 0 aromatic heterocycles. The maximum absolute atomic E-state index is 12.9. The third kappa shape index (κ3) is 4.86. The Morgan fingerprint density at radius 1 is 1.18 bits per heavy atom. The van der Waals surface area contributed by atoms with Gasteiger partial charge in [0, 0.05) is 18.8 Å². The number of hydrogen-bond acceptors (Lipinski definition) is 5. The molecule has 7 nitrogen and oxygen atoms in total. The number of sulfonamides is 1. The Morgan fingerprint density at radius 2 is 1.86 bits per heavy atom. The second-order valence-corrected chi connectivity index (χ2v) is 8.19. The van der Waals surface area contributed by atoms with Gasteiger partial charge in [-0.1, -0.05) is 6.07 Å². The molecule has 9 heteroatoms. The van der Waals surface area contributed by atoms with Gasteiger partial charge >= 0.3 is 0 Å². The molecule has 3 rings (SSSR count). The van der Waals surface area contributed by atoms with Gasteiger partial charge in [-0.25, -0.2) is 12.8 Å². The zero-order valence-electron chi connectivity index (χ0n) is 15.4. The lowest BCUT2D eigenvalue weighted by atomic mass is 10.2. The van der Waals surface area contributed by atoms with Crippen LogP contribution in [0.3, 0.4) is 0 Å². The number of aryl methyl sites for hydroxylation is 1. The molecule has 1 heterocycles. The number of morpholine rings is 1. The lowest BCUT2D eigenvalue weighted by Gasteiger charge is -2.26. The van der Waals surface area contributed by atoms with Crippen molar-refractivity contribution in [2.45, 2.75) is 11.8 Å². The molecular weight excluding hydrogens is 387 g/mol. The third-order valence-electron chi connectivity index (χ3n) is 4.24. The number of nitrogens with zero attached hydrogens (tertiary/aromatic N) is 1. The number of rotatable bonds is 6. The van der Waals surface area contributed by atoms with E-state index in [4.69, 9.17) is 9.47 Å². The number of halogens is 1. The fourth-order valence-corrected chi connectivity index (χ4v) is 4.42. The first-order valence-corrected chi connectivity index (χ1v) is 10.2. The summed E-state index contributed by atoms with van der Waals surface area (Å²) in [7, 11) is -3.68. The summed E-state index contributed by atoms with van der Waals surface area (Å²) in [6.45, 7) is 2.72. The van der Waals surface area contributed by atoms with Crippen LogP contribution in [0.4, 0.5) is 10.1 Å². The molecule has 2 aromatic carbocycles. The molecule has 0 radical (unpaired) electrons. The number of carbonyl (C=O) groups excluding carboxylic acids is 1. The third-order valence-corrected chi connectivity index (χ3v) is 6.28. The van der Waals surface area contributed by atoms with Crippen molar-refractivity contribution in [2.24, 2.45) is 0 Å². The van der Waals surface area contributed by atoms with E-state index in [1.54, 1.807) is 19.1 Å². The summed E-state index contributed by atoms with van der Waals surface area (Å²) in [5.41, 5.74) is 0.942. The van der Waals surface area contributed by atoms with Crippen LogP contribution >= 0.6 is 0 Å². The van der Waals surface area contributed by atoms with Crippen molar-refractivity contribution >= 4 is 21.6 Å². The van der Waals surface area contributed by atoms with Crippen molar-refractivity contribution in [2.75, 3.05) is 38.2 Å². The fourth-order valence-electron chi connectivity index (χ4n) is 2.76. The predicted octanol–water partition coefficient (Wildman–Crippen LogP) is 2.17. The number of hydrogen-bond donors (Lipinski definition) is 1. The second kappa shape index (κ2) is 8.68. The van der Waals surface area contributed by atoms with Crippen LogP contribution in [0.2, 0.25) is 0 Å². The van der Waals surface area contributed by atoms with Crippen molar-refractivity contribution in [3.8, 4) is 5.75 Å². The van der Waals surface area contributed by atoms with Crippen molar-refractivity contribution in [1.29, 1.82) is 0 Å². The summed E-state index contributed by atoms with van der Waals surface area (Å²) >= 11 is 0. The molecule has 0 atom stereocenters.